The summed E-state index contributed by atoms with van der Waals surface area (Å²) < 4.78 is 1.32. The molecule has 0 unspecified atom stereocenters. The zero-order valence-corrected chi connectivity index (χ0v) is 16.1. The molecular weight excluding hydrogens is 290 g/mol. The Kier molecular flexibility index (Phi) is 19.0. The smallest absolute Gasteiger partial charge is 0.0784 e. The third-order valence-corrected chi connectivity index (χ3v) is 4.19. The average molecular weight is 332 g/mol. The van der Waals surface area contributed by atoms with Crippen molar-refractivity contribution in [2.45, 2.75) is 85.0 Å². The van der Waals surface area contributed by atoms with Crippen LogP contribution in [0.5, 0.6) is 0 Å². The minimum absolute atomic E-state index is 0.111. The first-order valence-corrected chi connectivity index (χ1v) is 9.60. The van der Waals surface area contributed by atoms with E-state index in [0.29, 0.717) is 12.8 Å². The Balaban J connectivity index is 0. The van der Waals surface area contributed by atoms with Crippen LogP contribution in [0.1, 0.15) is 85.0 Å². The van der Waals surface area contributed by atoms with Gasteiger partial charge in [-0.25, -0.2) is 0 Å². The SMILES string of the molecule is CCCC[N+](C)(CCCC)CCCC.O=C([O-])CCCCCO. The van der Waals surface area contributed by atoms with E-state index in [1.54, 1.807) is 0 Å². The zero-order valence-electron chi connectivity index (χ0n) is 16.1. The van der Waals surface area contributed by atoms with Crippen LogP contribution in [0.25, 0.3) is 0 Å². The summed E-state index contributed by atoms with van der Waals surface area (Å²) in [5, 5.41) is 18.1. The predicted molar refractivity (Wildman–Crippen MR) is 96.1 cm³/mol. The first kappa shape index (κ1) is 24.6. The third-order valence-electron chi connectivity index (χ3n) is 4.19. The molecule has 0 aromatic carbocycles. The summed E-state index contributed by atoms with van der Waals surface area (Å²) in [4.78, 5) is 9.79. The first-order chi connectivity index (χ1) is 11.0. The van der Waals surface area contributed by atoms with Crippen LogP contribution >= 0.6 is 0 Å². The van der Waals surface area contributed by atoms with Gasteiger partial charge in [0.25, 0.3) is 0 Å². The van der Waals surface area contributed by atoms with E-state index in [9.17, 15) is 9.90 Å². The van der Waals surface area contributed by atoms with Crippen LogP contribution < -0.4 is 5.11 Å². The summed E-state index contributed by atoms with van der Waals surface area (Å²) in [7, 11) is 2.45. The Bertz CT molecular complexity index is 235. The van der Waals surface area contributed by atoms with Crippen LogP contribution in [-0.2, 0) is 4.79 Å². The Morgan fingerprint density at radius 1 is 0.826 bits per heavy atom. The Hall–Kier alpha value is -0.610. The largest absolute Gasteiger partial charge is 0.550 e. The van der Waals surface area contributed by atoms with Crippen LogP contribution in [-0.4, -0.2) is 48.8 Å². The van der Waals surface area contributed by atoms with E-state index in [0.717, 1.165) is 6.42 Å². The number of unbranched alkanes of at least 4 members (excludes halogenated alkanes) is 5. The molecule has 0 aliphatic carbocycles. The molecule has 0 saturated carbocycles. The lowest BCUT2D eigenvalue weighted by molar-refractivity contribution is -0.910. The molecule has 0 saturated heterocycles. The Morgan fingerprint density at radius 3 is 1.57 bits per heavy atom. The van der Waals surface area contributed by atoms with E-state index in [4.69, 9.17) is 5.11 Å². The molecule has 23 heavy (non-hydrogen) atoms. The highest BCUT2D eigenvalue weighted by molar-refractivity contribution is 5.63. The molecule has 0 amide bonds. The van der Waals surface area contributed by atoms with Gasteiger partial charge in [-0.05, 0) is 38.5 Å². The lowest BCUT2D eigenvalue weighted by Crippen LogP contribution is -2.46. The molecule has 0 rings (SSSR count). The van der Waals surface area contributed by atoms with Gasteiger partial charge in [0.2, 0.25) is 0 Å². The molecule has 4 nitrogen and oxygen atoms in total. The summed E-state index contributed by atoms with van der Waals surface area (Å²) in [6.45, 7) is 11.2. The topological polar surface area (TPSA) is 60.4 Å². The minimum Gasteiger partial charge on any atom is -0.550 e. The van der Waals surface area contributed by atoms with Crippen molar-refractivity contribution in [3.63, 3.8) is 0 Å². The van der Waals surface area contributed by atoms with Crippen molar-refractivity contribution in [2.75, 3.05) is 33.3 Å². The van der Waals surface area contributed by atoms with Gasteiger partial charge in [-0.15, -0.1) is 0 Å². The fourth-order valence-electron chi connectivity index (χ4n) is 2.51. The molecule has 1 N–H and O–H groups in total. The maximum atomic E-state index is 9.79. The summed E-state index contributed by atoms with van der Waals surface area (Å²) in [6, 6.07) is 0. The number of quaternary nitrogens is 1. The Morgan fingerprint density at radius 2 is 1.26 bits per heavy atom. The number of nitrogens with zero attached hydrogens (tertiary/aromatic N) is 1. The molecule has 0 bridgehead atoms. The summed E-state index contributed by atoms with van der Waals surface area (Å²) >= 11 is 0. The second kappa shape index (κ2) is 17.7. The van der Waals surface area contributed by atoms with Crippen molar-refractivity contribution < 1.29 is 19.5 Å². The maximum Gasteiger partial charge on any atom is 0.0784 e. The third kappa shape index (κ3) is 19.3. The van der Waals surface area contributed by atoms with Gasteiger partial charge in [-0.1, -0.05) is 46.5 Å². The second-order valence-electron chi connectivity index (χ2n) is 6.76. The highest BCUT2D eigenvalue weighted by Gasteiger charge is 2.18. The standard InChI is InChI=1S/C13H30N.C6H12O3/c1-5-8-11-14(4,12-9-6-2)13-10-7-3;7-5-3-1-2-4-6(8)9/h5-13H2,1-4H3;7H,1-5H2,(H,8,9)/q+1;/p-1. The van der Waals surface area contributed by atoms with E-state index < -0.39 is 5.97 Å². The number of aliphatic carboxylic acids is 1. The van der Waals surface area contributed by atoms with Gasteiger partial charge in [0.15, 0.2) is 0 Å². The van der Waals surface area contributed by atoms with E-state index in [-0.39, 0.29) is 13.0 Å². The molecule has 4 heteroatoms. The maximum absolute atomic E-state index is 9.79. The number of aliphatic hydroxyl groups is 1. The van der Waals surface area contributed by atoms with Gasteiger partial charge in [0.05, 0.1) is 26.7 Å². The van der Waals surface area contributed by atoms with Gasteiger partial charge in [-0.2, -0.15) is 0 Å². The number of carboxylic acids is 1. The van der Waals surface area contributed by atoms with E-state index in [1.165, 1.54) is 62.6 Å². The monoisotopic (exact) mass is 331 g/mol. The first-order valence-electron chi connectivity index (χ1n) is 9.60. The van der Waals surface area contributed by atoms with Crippen LogP contribution in [0.4, 0.5) is 0 Å². The van der Waals surface area contributed by atoms with Crippen molar-refractivity contribution in [3.8, 4) is 0 Å². The fourth-order valence-corrected chi connectivity index (χ4v) is 2.51. The lowest BCUT2D eigenvalue weighted by Gasteiger charge is -2.34. The molecule has 0 aliphatic rings. The zero-order chi connectivity index (χ0) is 18.0. The quantitative estimate of drug-likeness (QED) is 0.393. The van der Waals surface area contributed by atoms with Crippen LogP contribution in [0.15, 0.2) is 0 Å². The summed E-state index contributed by atoms with van der Waals surface area (Å²) in [5.74, 6) is -1.01. The number of carbonyl (C=O) groups is 1. The average Bonchev–Trinajstić information content (AvgIpc) is 2.54. The molecule has 0 aliphatic heterocycles. The number of hydrogen-bond acceptors (Lipinski definition) is 3. The summed E-state index contributed by atoms with van der Waals surface area (Å²) in [6.07, 6.45) is 10.4. The van der Waals surface area contributed by atoms with Gasteiger partial charge in [0, 0.05) is 12.6 Å². The second-order valence-corrected chi connectivity index (χ2v) is 6.76. The van der Waals surface area contributed by atoms with Gasteiger partial charge >= 0.3 is 0 Å². The number of rotatable bonds is 14. The molecule has 0 aromatic heterocycles. The molecular formula is C19H41NO3. The van der Waals surface area contributed by atoms with Crippen molar-refractivity contribution in [2.24, 2.45) is 0 Å². The molecule has 0 spiro atoms. The summed E-state index contributed by atoms with van der Waals surface area (Å²) in [5.41, 5.74) is 0. The van der Waals surface area contributed by atoms with E-state index in [1.807, 2.05) is 0 Å². The van der Waals surface area contributed by atoms with E-state index >= 15 is 0 Å². The van der Waals surface area contributed by atoms with Crippen molar-refractivity contribution in [3.05, 3.63) is 0 Å². The minimum atomic E-state index is -1.01. The fraction of sp³-hybridized carbons (Fsp3) is 0.947. The number of carboxylic acid groups (broad SMARTS) is 1. The molecule has 0 aromatic rings. The van der Waals surface area contributed by atoms with Gasteiger partial charge < -0.3 is 19.5 Å². The Labute approximate surface area is 144 Å². The predicted octanol–water partition coefficient (Wildman–Crippen LogP) is 3.12. The van der Waals surface area contributed by atoms with Gasteiger partial charge in [-0.3, -0.25) is 0 Å². The lowest BCUT2D eigenvalue weighted by atomic mass is 10.2. The highest BCUT2D eigenvalue weighted by Crippen LogP contribution is 2.10. The van der Waals surface area contributed by atoms with Gasteiger partial charge in [0.1, 0.15) is 0 Å². The normalized spacial score (nSPS) is 11.0. The highest BCUT2D eigenvalue weighted by atomic mass is 16.4. The molecule has 0 fully saturated rings. The van der Waals surface area contributed by atoms with Crippen molar-refractivity contribution in [1.82, 2.24) is 0 Å². The number of hydrogen-bond donors (Lipinski definition) is 1. The molecule has 140 valence electrons. The molecule has 0 radical (unpaired) electrons. The van der Waals surface area contributed by atoms with Crippen molar-refractivity contribution >= 4 is 5.97 Å². The van der Waals surface area contributed by atoms with Crippen LogP contribution in [0.3, 0.4) is 0 Å². The number of carbonyl (C=O) groups excluding carboxylic acids is 1. The van der Waals surface area contributed by atoms with Crippen molar-refractivity contribution in [1.29, 1.82) is 0 Å². The van der Waals surface area contributed by atoms with E-state index in [2.05, 4.69) is 27.8 Å². The number of aliphatic hydroxyl groups excluding tert-OH is 1. The molecule has 0 atom stereocenters. The van der Waals surface area contributed by atoms with Crippen LogP contribution in [0.2, 0.25) is 0 Å². The van der Waals surface area contributed by atoms with Crippen LogP contribution in [0, 0.1) is 0 Å². The molecule has 0 heterocycles.